The molecule has 0 radical (unpaired) electrons. The molecule has 0 saturated carbocycles. The van der Waals surface area contributed by atoms with Gasteiger partial charge in [0, 0.05) is 24.2 Å². The van der Waals surface area contributed by atoms with Crippen molar-refractivity contribution in [3.05, 3.63) is 65.6 Å². The first kappa shape index (κ1) is 23.5. The van der Waals surface area contributed by atoms with Gasteiger partial charge in [-0.1, -0.05) is 23.7 Å². The zero-order valence-electron chi connectivity index (χ0n) is 19.3. The zero-order chi connectivity index (χ0) is 24.9. The van der Waals surface area contributed by atoms with Gasteiger partial charge in [-0.2, -0.15) is 4.36 Å². The van der Waals surface area contributed by atoms with Crippen LogP contribution in [0.25, 0.3) is 11.3 Å². The van der Waals surface area contributed by atoms with E-state index in [9.17, 15) is 9.32 Å². The number of nitrogens with zero attached hydrogens (tertiary/aromatic N) is 4. The molecule has 186 valence electrons. The van der Waals surface area contributed by atoms with Gasteiger partial charge >= 0.3 is 0 Å². The Labute approximate surface area is 213 Å². The SMILES string of the molecule is CS(=O)(=Nc1ccc(-c2nc3c(cc2Cl)N=C(O[C@@H]2CO[C@H]4[C@@H]2OC[C@H]4O)C3)cc1)c1ccncc1. The molecular formula is C25H23ClN4O5S. The quantitative estimate of drug-likeness (QED) is 0.551. The summed E-state index contributed by atoms with van der Waals surface area (Å²) in [7, 11) is -2.60. The monoisotopic (exact) mass is 526 g/mol. The van der Waals surface area contributed by atoms with Crippen molar-refractivity contribution in [2.75, 3.05) is 19.5 Å². The van der Waals surface area contributed by atoms with Crippen LogP contribution in [0.2, 0.25) is 5.02 Å². The van der Waals surface area contributed by atoms with Gasteiger partial charge in [-0.05, 0) is 30.3 Å². The van der Waals surface area contributed by atoms with Gasteiger partial charge in [-0.3, -0.25) is 4.98 Å². The van der Waals surface area contributed by atoms with Crippen LogP contribution in [0.1, 0.15) is 5.69 Å². The summed E-state index contributed by atoms with van der Waals surface area (Å²) in [4.78, 5) is 13.9. The molecule has 0 bridgehead atoms. The molecule has 2 saturated heterocycles. The minimum absolute atomic E-state index is 0.244. The fourth-order valence-corrected chi connectivity index (χ4v) is 6.09. The number of pyridine rings is 2. The number of ether oxygens (including phenoxy) is 3. The molecular weight excluding hydrogens is 504 g/mol. The topological polar surface area (TPSA) is 115 Å². The number of rotatable bonds is 4. The first-order valence-corrected chi connectivity index (χ1v) is 13.7. The molecule has 5 heterocycles. The molecule has 0 spiro atoms. The van der Waals surface area contributed by atoms with Gasteiger partial charge in [0.05, 0.1) is 62.0 Å². The van der Waals surface area contributed by atoms with Crippen molar-refractivity contribution in [3.8, 4) is 11.3 Å². The number of aliphatic hydroxyl groups is 1. The second-order valence-corrected chi connectivity index (χ2v) is 11.6. The van der Waals surface area contributed by atoms with Crippen LogP contribution in [0.5, 0.6) is 0 Å². The van der Waals surface area contributed by atoms with Gasteiger partial charge in [0.1, 0.15) is 18.3 Å². The lowest BCUT2D eigenvalue weighted by atomic mass is 10.1. The highest BCUT2D eigenvalue weighted by Crippen LogP contribution is 2.37. The molecule has 1 N–H and O–H groups in total. The fourth-order valence-electron chi connectivity index (χ4n) is 4.58. The summed E-state index contributed by atoms with van der Waals surface area (Å²) in [6.07, 6.45) is 3.60. The third-order valence-corrected chi connectivity index (χ3v) is 8.37. The summed E-state index contributed by atoms with van der Waals surface area (Å²) < 4.78 is 34.8. The van der Waals surface area contributed by atoms with E-state index in [4.69, 9.17) is 30.8 Å². The molecule has 0 amide bonds. The Bertz CT molecular complexity index is 1460. The van der Waals surface area contributed by atoms with Crippen LogP contribution in [-0.2, 0) is 30.4 Å². The maximum Gasteiger partial charge on any atom is 0.195 e. The molecule has 3 aliphatic rings. The number of hydrogen-bond acceptors (Lipinski definition) is 9. The second kappa shape index (κ2) is 9.20. The number of hydrogen-bond donors (Lipinski definition) is 1. The minimum Gasteiger partial charge on any atom is -0.472 e. The third-order valence-electron chi connectivity index (χ3n) is 6.37. The normalized spacial score (nSPS) is 26.1. The van der Waals surface area contributed by atoms with Crippen LogP contribution in [-0.4, -0.2) is 69.1 Å². The fraction of sp³-hybridized carbons (Fsp3) is 0.320. The number of aliphatic hydroxyl groups excluding tert-OH is 1. The number of aromatic nitrogens is 2. The van der Waals surface area contributed by atoms with Crippen LogP contribution in [0.4, 0.5) is 11.4 Å². The molecule has 11 heteroatoms. The summed E-state index contributed by atoms with van der Waals surface area (Å²) in [6.45, 7) is 0.581. The summed E-state index contributed by atoms with van der Waals surface area (Å²) in [5, 5.41) is 10.4. The Morgan fingerprint density at radius 3 is 2.64 bits per heavy atom. The molecule has 1 aromatic carbocycles. The molecule has 36 heavy (non-hydrogen) atoms. The Kier molecular flexibility index (Phi) is 6.01. The van der Waals surface area contributed by atoms with Crippen molar-refractivity contribution in [2.24, 2.45) is 9.36 Å². The van der Waals surface area contributed by atoms with Crippen molar-refractivity contribution in [2.45, 2.75) is 35.7 Å². The van der Waals surface area contributed by atoms with Gasteiger partial charge in [-0.25, -0.2) is 14.2 Å². The van der Waals surface area contributed by atoms with Gasteiger partial charge in [0.2, 0.25) is 0 Å². The van der Waals surface area contributed by atoms with Crippen LogP contribution in [0.15, 0.2) is 69.1 Å². The summed E-state index contributed by atoms with van der Waals surface area (Å²) in [5.41, 5.74) is 3.45. The van der Waals surface area contributed by atoms with Crippen LogP contribution in [0, 0.1) is 0 Å². The first-order chi connectivity index (χ1) is 17.4. The van der Waals surface area contributed by atoms with Crippen LogP contribution in [0.3, 0.4) is 0 Å². The maximum atomic E-state index is 13.0. The van der Waals surface area contributed by atoms with Gasteiger partial charge in [0.15, 0.2) is 12.0 Å². The van der Waals surface area contributed by atoms with Crippen molar-refractivity contribution < 1.29 is 23.5 Å². The highest BCUT2D eigenvalue weighted by molar-refractivity contribution is 7.93. The van der Waals surface area contributed by atoms with Crippen molar-refractivity contribution >= 4 is 38.6 Å². The lowest BCUT2D eigenvalue weighted by molar-refractivity contribution is 0.00558. The highest BCUT2D eigenvalue weighted by atomic mass is 35.5. The molecule has 2 aromatic heterocycles. The predicted octanol–water partition coefficient (Wildman–Crippen LogP) is 3.72. The highest BCUT2D eigenvalue weighted by Gasteiger charge is 2.48. The Hall–Kier alpha value is -2.89. The lowest BCUT2D eigenvalue weighted by Crippen LogP contribution is -2.34. The van der Waals surface area contributed by atoms with Crippen LogP contribution >= 0.6 is 11.6 Å². The number of halogens is 1. The largest absolute Gasteiger partial charge is 0.472 e. The van der Waals surface area contributed by atoms with E-state index in [0.717, 1.165) is 11.3 Å². The summed E-state index contributed by atoms with van der Waals surface area (Å²) in [6, 6.07) is 12.5. The Morgan fingerprint density at radius 2 is 1.86 bits per heavy atom. The van der Waals surface area contributed by atoms with E-state index in [1.54, 1.807) is 49.0 Å². The predicted molar refractivity (Wildman–Crippen MR) is 134 cm³/mol. The van der Waals surface area contributed by atoms with E-state index in [-0.39, 0.29) is 24.9 Å². The molecule has 0 aliphatic carbocycles. The number of fused-ring (bicyclic) bond motifs is 2. The Balaban J connectivity index is 1.19. The number of aliphatic imine (C=N–C) groups is 1. The molecule has 3 aromatic rings. The van der Waals surface area contributed by atoms with E-state index in [2.05, 4.69) is 14.3 Å². The van der Waals surface area contributed by atoms with Gasteiger partial charge in [-0.15, -0.1) is 0 Å². The van der Waals surface area contributed by atoms with Crippen molar-refractivity contribution in [3.63, 3.8) is 0 Å². The Morgan fingerprint density at radius 1 is 1.11 bits per heavy atom. The average molecular weight is 527 g/mol. The molecule has 2 fully saturated rings. The third kappa shape index (κ3) is 4.39. The zero-order valence-corrected chi connectivity index (χ0v) is 20.9. The van der Waals surface area contributed by atoms with E-state index in [0.29, 0.717) is 45.9 Å². The summed E-state index contributed by atoms with van der Waals surface area (Å²) in [5.74, 6) is 0.521. The van der Waals surface area contributed by atoms with Crippen LogP contribution < -0.4 is 0 Å². The molecule has 6 rings (SSSR count). The molecule has 1 unspecified atom stereocenters. The van der Waals surface area contributed by atoms with Crippen molar-refractivity contribution in [1.82, 2.24) is 9.97 Å². The smallest absolute Gasteiger partial charge is 0.195 e. The van der Waals surface area contributed by atoms with E-state index in [1.165, 1.54) is 0 Å². The first-order valence-electron chi connectivity index (χ1n) is 11.4. The summed E-state index contributed by atoms with van der Waals surface area (Å²) >= 11 is 6.56. The van der Waals surface area contributed by atoms with E-state index < -0.39 is 15.8 Å². The number of benzene rings is 1. The van der Waals surface area contributed by atoms with E-state index >= 15 is 0 Å². The van der Waals surface area contributed by atoms with Crippen molar-refractivity contribution in [1.29, 1.82) is 0 Å². The minimum atomic E-state index is -2.60. The lowest BCUT2D eigenvalue weighted by Gasteiger charge is -2.17. The average Bonchev–Trinajstić information content (AvgIpc) is 3.56. The second-order valence-electron chi connectivity index (χ2n) is 8.91. The maximum absolute atomic E-state index is 13.0. The standard InChI is InChI=1S/C25H23ClN4O5S/c1-36(32,16-6-8-27-9-7-16)30-15-4-2-14(3-5-15)23-17(26)10-18-19(29-23)11-22(28-18)35-21-13-34-24-20(31)12-33-25(21)24/h2-10,20-21,24-25,31H,11-13H2,1H3/t20-,21-,24-,25-,36?/m1/s1. The molecule has 5 atom stereocenters. The molecule has 9 nitrogen and oxygen atoms in total. The van der Waals surface area contributed by atoms with Gasteiger partial charge < -0.3 is 19.3 Å². The van der Waals surface area contributed by atoms with E-state index in [1.807, 2.05) is 12.1 Å². The van der Waals surface area contributed by atoms with Gasteiger partial charge in [0.25, 0.3) is 0 Å². The molecule has 3 aliphatic heterocycles.